The Kier molecular flexibility index (Phi) is 4.38. The lowest BCUT2D eigenvalue weighted by molar-refractivity contribution is -0.157. The third-order valence-electron chi connectivity index (χ3n) is 4.40. The summed E-state index contributed by atoms with van der Waals surface area (Å²) in [5.74, 6) is 0.444. The predicted octanol–water partition coefficient (Wildman–Crippen LogP) is 2.60. The number of aryl methyl sites for hydroxylation is 2. The maximum Gasteiger partial charge on any atom is 0.348 e. The molecule has 1 fully saturated rings. The molecule has 0 aliphatic carbocycles. The van der Waals surface area contributed by atoms with Gasteiger partial charge in [-0.05, 0) is 38.1 Å². The fourth-order valence-corrected chi connectivity index (χ4v) is 2.85. The largest absolute Gasteiger partial charge is 0.478 e. The summed E-state index contributed by atoms with van der Waals surface area (Å²) in [5.41, 5.74) is 0.780. The van der Waals surface area contributed by atoms with Gasteiger partial charge in [0.1, 0.15) is 5.75 Å². The van der Waals surface area contributed by atoms with Crippen molar-refractivity contribution < 1.29 is 14.6 Å². The van der Waals surface area contributed by atoms with Gasteiger partial charge >= 0.3 is 5.97 Å². The average Bonchev–Trinajstić information content (AvgIpc) is 2.58. The minimum absolute atomic E-state index is 0.395. The highest BCUT2D eigenvalue weighted by atomic mass is 16.5. The normalized spacial score (nSPS) is 16.7. The molecular weight excluding hydrogens is 306 g/mol. The summed E-state index contributed by atoms with van der Waals surface area (Å²) >= 11 is 0. The van der Waals surface area contributed by atoms with Crippen LogP contribution < -0.4 is 9.64 Å². The molecule has 1 aromatic heterocycles. The average molecular weight is 327 g/mol. The van der Waals surface area contributed by atoms with Gasteiger partial charge in [0, 0.05) is 25.9 Å². The Morgan fingerprint density at radius 3 is 2.29 bits per heavy atom. The molecule has 0 radical (unpaired) electrons. The zero-order chi connectivity index (χ0) is 17.2. The zero-order valence-corrected chi connectivity index (χ0v) is 13.9. The Balaban J connectivity index is 1.73. The third kappa shape index (κ3) is 3.32. The number of carboxylic acid groups (broad SMARTS) is 1. The van der Waals surface area contributed by atoms with Crippen LogP contribution in [0.5, 0.6) is 5.75 Å². The van der Waals surface area contributed by atoms with Crippen LogP contribution in [0, 0.1) is 13.8 Å². The Hall–Kier alpha value is -2.63. The zero-order valence-electron chi connectivity index (χ0n) is 13.9. The van der Waals surface area contributed by atoms with Crippen LogP contribution in [0.4, 0.5) is 5.82 Å². The second kappa shape index (κ2) is 6.47. The molecule has 24 heavy (non-hydrogen) atoms. The standard InChI is InChI=1S/C18H21N3O3/c1-13-3-6-15(7-4-13)24-18(17(22)23)9-11-21(12-10-18)16-8-5-14(2)19-20-16/h3-8H,9-12H2,1-2H3,(H,22,23). The van der Waals surface area contributed by atoms with E-state index < -0.39 is 11.6 Å². The molecule has 1 aliphatic heterocycles. The number of carbonyl (C=O) groups is 1. The van der Waals surface area contributed by atoms with Gasteiger partial charge in [0.2, 0.25) is 5.60 Å². The molecule has 1 N–H and O–H groups in total. The van der Waals surface area contributed by atoms with Gasteiger partial charge in [-0.15, -0.1) is 5.10 Å². The van der Waals surface area contributed by atoms with E-state index in [9.17, 15) is 9.90 Å². The fraction of sp³-hybridized carbons (Fsp3) is 0.389. The van der Waals surface area contributed by atoms with Crippen LogP contribution in [-0.4, -0.2) is 40.0 Å². The van der Waals surface area contributed by atoms with Crippen LogP contribution in [0.15, 0.2) is 36.4 Å². The first-order valence-electron chi connectivity index (χ1n) is 8.03. The number of anilines is 1. The number of ether oxygens (including phenoxy) is 1. The Morgan fingerprint density at radius 2 is 1.75 bits per heavy atom. The molecule has 6 heteroatoms. The number of carboxylic acids is 1. The minimum atomic E-state index is -1.19. The highest BCUT2D eigenvalue weighted by Crippen LogP contribution is 2.31. The highest BCUT2D eigenvalue weighted by Gasteiger charge is 2.44. The van der Waals surface area contributed by atoms with Crippen molar-refractivity contribution in [1.82, 2.24) is 10.2 Å². The van der Waals surface area contributed by atoms with E-state index in [4.69, 9.17) is 4.74 Å². The molecule has 6 nitrogen and oxygen atoms in total. The van der Waals surface area contributed by atoms with Gasteiger partial charge in [0.15, 0.2) is 5.82 Å². The number of rotatable bonds is 4. The van der Waals surface area contributed by atoms with Crippen molar-refractivity contribution in [1.29, 1.82) is 0 Å². The lowest BCUT2D eigenvalue weighted by atomic mass is 9.91. The molecule has 1 aromatic carbocycles. The monoisotopic (exact) mass is 327 g/mol. The molecular formula is C18H21N3O3. The van der Waals surface area contributed by atoms with Gasteiger partial charge in [-0.1, -0.05) is 17.7 Å². The van der Waals surface area contributed by atoms with Crippen molar-refractivity contribution in [2.45, 2.75) is 32.3 Å². The van der Waals surface area contributed by atoms with Crippen LogP contribution in [0.3, 0.4) is 0 Å². The Morgan fingerprint density at radius 1 is 1.08 bits per heavy atom. The summed E-state index contributed by atoms with van der Waals surface area (Å²) in [6.07, 6.45) is 0.789. The summed E-state index contributed by atoms with van der Waals surface area (Å²) in [7, 11) is 0. The maximum atomic E-state index is 11.9. The van der Waals surface area contributed by atoms with Crippen LogP contribution in [0.2, 0.25) is 0 Å². The van der Waals surface area contributed by atoms with Gasteiger partial charge < -0.3 is 14.7 Å². The number of hydrogen-bond donors (Lipinski definition) is 1. The molecule has 3 rings (SSSR count). The van der Waals surface area contributed by atoms with Gasteiger partial charge in [-0.2, -0.15) is 5.10 Å². The van der Waals surface area contributed by atoms with E-state index in [-0.39, 0.29) is 0 Å². The van der Waals surface area contributed by atoms with E-state index in [2.05, 4.69) is 10.2 Å². The van der Waals surface area contributed by atoms with Crippen molar-refractivity contribution >= 4 is 11.8 Å². The molecule has 0 bridgehead atoms. The Labute approximate surface area is 141 Å². The number of aliphatic carboxylic acids is 1. The van der Waals surface area contributed by atoms with Crippen LogP contribution >= 0.6 is 0 Å². The van der Waals surface area contributed by atoms with Crippen molar-refractivity contribution in [3.63, 3.8) is 0 Å². The molecule has 0 atom stereocenters. The van der Waals surface area contributed by atoms with E-state index in [1.54, 1.807) is 0 Å². The van der Waals surface area contributed by atoms with Gasteiger partial charge in [-0.25, -0.2) is 4.79 Å². The molecule has 0 saturated carbocycles. The molecule has 1 aliphatic rings. The smallest absolute Gasteiger partial charge is 0.348 e. The number of hydrogen-bond acceptors (Lipinski definition) is 5. The molecule has 0 amide bonds. The molecule has 1 saturated heterocycles. The van der Waals surface area contributed by atoms with Crippen LogP contribution in [-0.2, 0) is 4.79 Å². The van der Waals surface area contributed by atoms with Gasteiger partial charge in [0.05, 0.1) is 5.69 Å². The quantitative estimate of drug-likeness (QED) is 0.930. The number of aromatic nitrogens is 2. The van der Waals surface area contributed by atoms with E-state index in [1.807, 2.05) is 55.1 Å². The van der Waals surface area contributed by atoms with Crippen molar-refractivity contribution in [3.8, 4) is 5.75 Å². The lowest BCUT2D eigenvalue weighted by Crippen LogP contribution is -2.53. The third-order valence-corrected chi connectivity index (χ3v) is 4.40. The first-order chi connectivity index (χ1) is 11.5. The summed E-state index contributed by atoms with van der Waals surface area (Å²) in [6.45, 7) is 5.00. The van der Waals surface area contributed by atoms with E-state index in [0.717, 1.165) is 17.1 Å². The number of nitrogens with zero attached hydrogens (tertiary/aromatic N) is 3. The predicted molar refractivity (Wildman–Crippen MR) is 90.4 cm³/mol. The van der Waals surface area contributed by atoms with E-state index in [1.165, 1.54) is 0 Å². The van der Waals surface area contributed by atoms with E-state index >= 15 is 0 Å². The van der Waals surface area contributed by atoms with Crippen molar-refractivity contribution in [3.05, 3.63) is 47.7 Å². The molecule has 126 valence electrons. The number of piperidine rings is 1. The lowest BCUT2D eigenvalue weighted by Gasteiger charge is -2.39. The second-order valence-corrected chi connectivity index (χ2v) is 6.23. The summed E-state index contributed by atoms with van der Waals surface area (Å²) < 4.78 is 5.90. The van der Waals surface area contributed by atoms with Crippen molar-refractivity contribution in [2.75, 3.05) is 18.0 Å². The first kappa shape index (κ1) is 16.2. The summed E-state index contributed by atoms with van der Waals surface area (Å²) in [6, 6.07) is 11.3. The van der Waals surface area contributed by atoms with Crippen LogP contribution in [0.25, 0.3) is 0 Å². The van der Waals surface area contributed by atoms with Gasteiger partial charge in [-0.3, -0.25) is 0 Å². The topological polar surface area (TPSA) is 75.6 Å². The molecule has 0 unspecified atom stereocenters. The Bertz CT molecular complexity index is 705. The first-order valence-corrected chi connectivity index (χ1v) is 8.03. The summed E-state index contributed by atoms with van der Waals surface area (Å²) in [5, 5.41) is 18.0. The SMILES string of the molecule is Cc1ccc(OC2(C(=O)O)CCN(c3ccc(C)nn3)CC2)cc1. The summed E-state index contributed by atoms with van der Waals surface area (Å²) in [4.78, 5) is 13.9. The maximum absolute atomic E-state index is 11.9. The highest BCUT2D eigenvalue weighted by molar-refractivity contribution is 5.78. The molecule has 2 aromatic rings. The van der Waals surface area contributed by atoms with Gasteiger partial charge in [0.25, 0.3) is 0 Å². The fourth-order valence-electron chi connectivity index (χ4n) is 2.85. The minimum Gasteiger partial charge on any atom is -0.478 e. The molecule has 2 heterocycles. The van der Waals surface area contributed by atoms with Crippen LogP contribution in [0.1, 0.15) is 24.1 Å². The number of benzene rings is 1. The van der Waals surface area contributed by atoms with Crippen molar-refractivity contribution in [2.24, 2.45) is 0 Å². The second-order valence-electron chi connectivity index (χ2n) is 6.23. The molecule has 0 spiro atoms. The van der Waals surface area contributed by atoms with E-state index in [0.29, 0.717) is 31.7 Å².